The third-order valence-electron chi connectivity index (χ3n) is 2.18. The predicted octanol–water partition coefficient (Wildman–Crippen LogP) is 4.67. The van der Waals surface area contributed by atoms with Crippen molar-refractivity contribution in [3.8, 4) is 0 Å². The summed E-state index contributed by atoms with van der Waals surface area (Å²) in [5, 5.41) is 0. The molecule has 0 aromatic rings. The molecule has 0 N–H and O–H groups in total. The van der Waals surface area contributed by atoms with Gasteiger partial charge in [0, 0.05) is 0 Å². The van der Waals surface area contributed by atoms with E-state index in [1.54, 1.807) is 0 Å². The molecule has 0 fully saturated rings. The normalized spacial score (nSPS) is 15.7. The Morgan fingerprint density at radius 3 is 1.26 bits per heavy atom. The molecule has 0 spiro atoms. The van der Waals surface area contributed by atoms with Gasteiger partial charge < -0.3 is 4.74 Å². The van der Waals surface area contributed by atoms with Crippen LogP contribution in [0, 0.1) is 0 Å². The summed E-state index contributed by atoms with van der Waals surface area (Å²) in [7, 11) is 0. The maximum Gasteiger partial charge on any atom is 0.423 e. The van der Waals surface area contributed by atoms with Gasteiger partial charge in [-0.15, -0.1) is 0 Å². The third kappa shape index (κ3) is 4.50. The molecule has 0 rings (SSSR count). The van der Waals surface area contributed by atoms with Gasteiger partial charge in [-0.25, -0.2) is 8.78 Å². The van der Waals surface area contributed by atoms with E-state index in [2.05, 4.69) is 4.74 Å². The summed E-state index contributed by atoms with van der Waals surface area (Å²) in [6.45, 7) is -3.54. The van der Waals surface area contributed by atoms with Gasteiger partial charge in [0.15, 0.2) is 0 Å². The first-order chi connectivity index (χ1) is 9.78. The summed E-state index contributed by atoms with van der Waals surface area (Å²) in [4.78, 5) is 0. The van der Waals surface area contributed by atoms with Crippen molar-refractivity contribution in [3.05, 3.63) is 0 Å². The molecule has 0 aliphatic carbocycles. The number of rotatable bonds is 6. The first-order valence-corrected chi connectivity index (χ1v) is 4.95. The monoisotopic (exact) mass is 382 g/mol. The molecule has 0 amide bonds. The van der Waals surface area contributed by atoms with Crippen molar-refractivity contribution in [3.63, 3.8) is 0 Å². The quantitative estimate of drug-likeness (QED) is 0.607. The Labute approximate surface area is 117 Å². The minimum atomic E-state index is -6.98. The number of hydrogen-bond acceptors (Lipinski definition) is 1. The number of hydrogen-bond donors (Lipinski definition) is 0. The topological polar surface area (TPSA) is 9.23 Å². The molecular weight excluding hydrogens is 378 g/mol. The van der Waals surface area contributed by atoms with Gasteiger partial charge in [0.25, 0.3) is 0 Å². The smallest absolute Gasteiger partial charge is 0.354 e. The van der Waals surface area contributed by atoms with Crippen molar-refractivity contribution in [2.75, 3.05) is 6.61 Å². The van der Waals surface area contributed by atoms with Gasteiger partial charge in [0.05, 0.1) is 0 Å². The second-order valence-corrected chi connectivity index (χ2v) is 3.98. The minimum absolute atomic E-state index is 2.54. The van der Waals surface area contributed by atoms with Gasteiger partial charge >= 0.3 is 36.5 Å². The first-order valence-electron chi connectivity index (χ1n) is 4.95. The molecule has 1 nitrogen and oxygen atoms in total. The van der Waals surface area contributed by atoms with Crippen LogP contribution in [0.5, 0.6) is 0 Å². The van der Waals surface area contributed by atoms with Crippen LogP contribution in [0.2, 0.25) is 0 Å². The average molecular weight is 382 g/mol. The molecular formula is C8H4F14O. The van der Waals surface area contributed by atoms with E-state index in [0.29, 0.717) is 0 Å². The highest BCUT2D eigenvalue weighted by Crippen LogP contribution is 2.49. The molecule has 0 aliphatic rings. The fourth-order valence-electron chi connectivity index (χ4n) is 1.03. The Balaban J connectivity index is 5.41. The summed E-state index contributed by atoms with van der Waals surface area (Å²) in [5.41, 5.74) is 0. The molecule has 0 aromatic carbocycles. The lowest BCUT2D eigenvalue weighted by atomic mass is 10.1. The molecule has 23 heavy (non-hydrogen) atoms. The lowest BCUT2D eigenvalue weighted by Gasteiger charge is -2.33. The molecule has 140 valence electrons. The standard InChI is InChI=1S/C8H4F14O/c9-3(10)5(13,14)8(21,22)4(11,12)1-23-2(6(15,16)17)7(18,19)20/h2-3H,1H2. The van der Waals surface area contributed by atoms with Crippen LogP contribution in [0.1, 0.15) is 0 Å². The summed E-state index contributed by atoms with van der Waals surface area (Å²) in [6, 6.07) is 0. The molecule has 0 aliphatic heterocycles. The van der Waals surface area contributed by atoms with Crippen molar-refractivity contribution in [1.29, 1.82) is 0 Å². The highest BCUT2D eigenvalue weighted by atomic mass is 19.4. The van der Waals surface area contributed by atoms with Crippen LogP contribution in [-0.4, -0.2) is 49.3 Å². The second kappa shape index (κ2) is 6.12. The zero-order valence-electron chi connectivity index (χ0n) is 10.1. The summed E-state index contributed by atoms with van der Waals surface area (Å²) < 4.78 is 173. The van der Waals surface area contributed by atoms with E-state index < -0.39 is 49.3 Å². The summed E-state index contributed by atoms with van der Waals surface area (Å²) >= 11 is 0. The van der Waals surface area contributed by atoms with Crippen molar-refractivity contribution in [2.45, 2.75) is 42.6 Å². The number of halogens is 14. The highest BCUT2D eigenvalue weighted by Gasteiger charge is 2.76. The van der Waals surface area contributed by atoms with Crippen molar-refractivity contribution >= 4 is 0 Å². The van der Waals surface area contributed by atoms with Crippen molar-refractivity contribution < 1.29 is 66.2 Å². The van der Waals surface area contributed by atoms with Gasteiger partial charge in [-0.05, 0) is 0 Å². The van der Waals surface area contributed by atoms with Gasteiger partial charge in [-0.1, -0.05) is 0 Å². The Bertz CT molecular complexity index is 379. The average Bonchev–Trinajstić information content (AvgIpc) is 2.23. The lowest BCUT2D eigenvalue weighted by Crippen LogP contribution is -2.60. The lowest BCUT2D eigenvalue weighted by molar-refractivity contribution is -0.369. The van der Waals surface area contributed by atoms with Gasteiger partial charge in [0.1, 0.15) is 6.61 Å². The molecule has 0 saturated heterocycles. The zero-order valence-corrected chi connectivity index (χ0v) is 10.1. The maximum absolute atomic E-state index is 12.8. The Hall–Kier alpha value is -1.02. The van der Waals surface area contributed by atoms with Crippen LogP contribution >= 0.6 is 0 Å². The summed E-state index contributed by atoms with van der Waals surface area (Å²) in [5.74, 6) is -20.2. The van der Waals surface area contributed by atoms with Gasteiger partial charge in [0.2, 0.25) is 6.10 Å². The van der Waals surface area contributed by atoms with Crippen LogP contribution in [0.4, 0.5) is 61.5 Å². The predicted molar refractivity (Wildman–Crippen MR) is 42.7 cm³/mol. The van der Waals surface area contributed by atoms with E-state index in [-0.39, 0.29) is 0 Å². The van der Waals surface area contributed by atoms with E-state index in [4.69, 9.17) is 0 Å². The maximum atomic E-state index is 12.8. The van der Waals surface area contributed by atoms with E-state index in [1.807, 2.05) is 0 Å². The zero-order chi connectivity index (χ0) is 19.1. The van der Waals surface area contributed by atoms with Crippen LogP contribution in [0.15, 0.2) is 0 Å². The van der Waals surface area contributed by atoms with Crippen LogP contribution in [0.3, 0.4) is 0 Å². The summed E-state index contributed by atoms with van der Waals surface area (Å²) in [6.07, 6.45) is -23.2. The fourth-order valence-corrected chi connectivity index (χ4v) is 1.03. The first kappa shape index (κ1) is 22.0. The van der Waals surface area contributed by atoms with Gasteiger partial charge in [-0.2, -0.15) is 52.7 Å². The SMILES string of the molecule is FC(F)C(F)(F)C(F)(F)C(F)(F)COC(C(F)(F)F)C(F)(F)F. The second-order valence-electron chi connectivity index (χ2n) is 3.98. The Morgan fingerprint density at radius 1 is 0.652 bits per heavy atom. The Morgan fingerprint density at radius 2 is 1.00 bits per heavy atom. The third-order valence-corrected chi connectivity index (χ3v) is 2.18. The van der Waals surface area contributed by atoms with E-state index in [1.165, 1.54) is 0 Å². The highest BCUT2D eigenvalue weighted by molar-refractivity contribution is 4.98. The van der Waals surface area contributed by atoms with Crippen molar-refractivity contribution in [1.82, 2.24) is 0 Å². The van der Waals surface area contributed by atoms with E-state index >= 15 is 0 Å². The largest absolute Gasteiger partial charge is 0.423 e. The molecule has 0 aromatic heterocycles. The van der Waals surface area contributed by atoms with Crippen LogP contribution in [0.25, 0.3) is 0 Å². The van der Waals surface area contributed by atoms with Crippen LogP contribution in [-0.2, 0) is 4.74 Å². The molecule has 0 heterocycles. The Kier molecular flexibility index (Phi) is 5.85. The van der Waals surface area contributed by atoms with Crippen LogP contribution < -0.4 is 0 Å². The molecule has 0 saturated carbocycles. The number of ether oxygens (including phenoxy) is 1. The van der Waals surface area contributed by atoms with E-state index in [9.17, 15) is 61.5 Å². The molecule has 0 radical (unpaired) electrons. The van der Waals surface area contributed by atoms with Crippen molar-refractivity contribution in [2.24, 2.45) is 0 Å². The molecule has 0 atom stereocenters. The number of alkyl halides is 14. The molecule has 15 heteroatoms. The molecule has 0 bridgehead atoms. The minimum Gasteiger partial charge on any atom is -0.354 e. The fraction of sp³-hybridized carbons (Fsp3) is 1.00. The molecule has 0 unspecified atom stereocenters. The van der Waals surface area contributed by atoms with Gasteiger partial charge in [-0.3, -0.25) is 0 Å². The van der Waals surface area contributed by atoms with E-state index in [0.717, 1.165) is 0 Å².